The maximum atomic E-state index is 12.2. The summed E-state index contributed by atoms with van der Waals surface area (Å²) in [5.74, 6) is 12.4. The van der Waals surface area contributed by atoms with Gasteiger partial charge in [-0.25, -0.2) is 4.79 Å². The van der Waals surface area contributed by atoms with Gasteiger partial charge in [0.15, 0.2) is 0 Å². The van der Waals surface area contributed by atoms with Crippen molar-refractivity contribution in [3.05, 3.63) is 70.5 Å². The Hall–Kier alpha value is -4.02. The minimum absolute atomic E-state index is 0.0505. The third kappa shape index (κ3) is 6.35. The summed E-state index contributed by atoms with van der Waals surface area (Å²) in [6.07, 6.45) is 5.99. The molecule has 0 unspecified atom stereocenters. The van der Waals surface area contributed by atoms with Gasteiger partial charge in [0, 0.05) is 43.4 Å². The number of anilines is 1. The van der Waals surface area contributed by atoms with Crippen LogP contribution in [0.5, 0.6) is 0 Å². The van der Waals surface area contributed by atoms with Crippen LogP contribution < -0.4 is 11.4 Å². The van der Waals surface area contributed by atoms with Crippen molar-refractivity contribution in [1.29, 1.82) is 0 Å². The molecule has 0 amide bonds. The third-order valence-electron chi connectivity index (χ3n) is 5.68. The fourth-order valence-corrected chi connectivity index (χ4v) is 3.72. The summed E-state index contributed by atoms with van der Waals surface area (Å²) in [5, 5.41) is 19.2. The Morgan fingerprint density at radius 3 is 2.53 bits per heavy atom. The fourth-order valence-electron chi connectivity index (χ4n) is 3.72. The summed E-state index contributed by atoms with van der Waals surface area (Å²) >= 11 is 0. The van der Waals surface area contributed by atoms with Gasteiger partial charge in [0.1, 0.15) is 18.1 Å². The van der Waals surface area contributed by atoms with Gasteiger partial charge in [-0.05, 0) is 37.1 Å². The molecule has 0 aromatic carbocycles. The van der Waals surface area contributed by atoms with E-state index in [1.54, 1.807) is 12.4 Å². The van der Waals surface area contributed by atoms with Crippen LogP contribution >= 0.6 is 0 Å². The topological polar surface area (TPSA) is 136 Å². The van der Waals surface area contributed by atoms with Crippen molar-refractivity contribution >= 4 is 5.82 Å². The predicted octanol–water partition coefficient (Wildman–Crippen LogP) is 1.89. The van der Waals surface area contributed by atoms with E-state index in [2.05, 4.69) is 38.6 Å². The summed E-state index contributed by atoms with van der Waals surface area (Å²) in [7, 11) is 0. The number of unbranched alkanes of at least 4 members (excludes halogenated alkanes) is 3. The number of hydrogen-bond donors (Lipinski definition) is 3. The highest BCUT2D eigenvalue weighted by Gasteiger charge is 2.35. The first-order chi connectivity index (χ1) is 17.5. The molecule has 4 rings (SSSR count). The number of pyridine rings is 2. The number of hydrogen-bond acceptors (Lipinski definition) is 8. The normalized spacial score (nSPS) is 18.7. The van der Waals surface area contributed by atoms with Crippen molar-refractivity contribution in [2.24, 2.45) is 0 Å². The standard InChI is InChI=1S/C27H27N5O4/c28-26-20(17-32(27(35)31-26)25-15-23(34)24(18-33)36-25)10-6-4-2-1-3-5-9-19-12-13-22(30-16-19)21-11-7-8-14-29-21/h7-8,11-14,16-17,23-25,33-34H,1-4,15,18H2,(H2,28,31,35)/t23-,24+,25+/m0/s1. The average Bonchev–Trinajstić information content (AvgIpc) is 3.27. The van der Waals surface area contributed by atoms with Crippen LogP contribution in [0.4, 0.5) is 5.82 Å². The molecule has 1 fully saturated rings. The second-order valence-corrected chi connectivity index (χ2v) is 8.30. The molecule has 0 aliphatic carbocycles. The number of aromatic nitrogens is 4. The molecule has 1 saturated heterocycles. The van der Waals surface area contributed by atoms with Gasteiger partial charge in [-0.1, -0.05) is 29.7 Å². The van der Waals surface area contributed by atoms with Gasteiger partial charge in [-0.2, -0.15) is 4.98 Å². The quantitative estimate of drug-likeness (QED) is 0.356. The zero-order chi connectivity index (χ0) is 25.3. The van der Waals surface area contributed by atoms with Crippen LogP contribution in [0, 0.1) is 23.7 Å². The Balaban J connectivity index is 1.26. The van der Waals surface area contributed by atoms with E-state index in [4.69, 9.17) is 10.5 Å². The van der Waals surface area contributed by atoms with Crippen LogP contribution in [-0.4, -0.2) is 48.5 Å². The molecule has 3 atom stereocenters. The van der Waals surface area contributed by atoms with Crippen molar-refractivity contribution in [3.63, 3.8) is 0 Å². The molecule has 9 nitrogen and oxygen atoms in total. The van der Waals surface area contributed by atoms with Crippen LogP contribution in [0.25, 0.3) is 11.4 Å². The summed E-state index contributed by atoms with van der Waals surface area (Å²) in [4.78, 5) is 24.7. The van der Waals surface area contributed by atoms with E-state index < -0.39 is 24.1 Å². The van der Waals surface area contributed by atoms with Gasteiger partial charge in [0.05, 0.1) is 29.7 Å². The second-order valence-electron chi connectivity index (χ2n) is 8.30. The molecule has 184 valence electrons. The number of aliphatic hydroxyl groups excluding tert-OH is 2. The fraction of sp³-hybridized carbons (Fsp3) is 0.333. The molecular weight excluding hydrogens is 458 g/mol. The van der Waals surface area contributed by atoms with E-state index in [1.807, 2.05) is 30.3 Å². The first kappa shape index (κ1) is 25.1. The average molecular weight is 486 g/mol. The molecule has 3 aromatic rings. The summed E-state index contributed by atoms with van der Waals surface area (Å²) in [5.41, 5.74) is 8.19. The van der Waals surface area contributed by atoms with Crippen molar-refractivity contribution in [2.45, 2.75) is 50.5 Å². The Morgan fingerprint density at radius 1 is 1.08 bits per heavy atom. The number of rotatable bonds is 6. The SMILES string of the molecule is Nc1nc(=O)n([C@H]2C[C@H](O)[C@@H](CO)O2)cc1C#CCCCCC#Cc1ccc(-c2ccccn2)nc1. The predicted molar refractivity (Wildman–Crippen MR) is 134 cm³/mol. The van der Waals surface area contributed by atoms with Gasteiger partial charge in [-0.3, -0.25) is 14.5 Å². The first-order valence-electron chi connectivity index (χ1n) is 11.7. The molecule has 0 saturated carbocycles. The maximum Gasteiger partial charge on any atom is 0.351 e. The lowest BCUT2D eigenvalue weighted by atomic mass is 10.1. The molecule has 3 aromatic heterocycles. The molecule has 0 spiro atoms. The molecule has 36 heavy (non-hydrogen) atoms. The van der Waals surface area contributed by atoms with Crippen LogP contribution in [0.15, 0.2) is 53.7 Å². The summed E-state index contributed by atoms with van der Waals surface area (Å²) in [6.45, 7) is -0.332. The van der Waals surface area contributed by atoms with Crippen molar-refractivity contribution in [2.75, 3.05) is 12.3 Å². The molecular formula is C27H27N5O4. The lowest BCUT2D eigenvalue weighted by Gasteiger charge is -2.14. The van der Waals surface area contributed by atoms with E-state index in [0.717, 1.165) is 36.2 Å². The van der Waals surface area contributed by atoms with E-state index in [-0.39, 0.29) is 18.8 Å². The minimum atomic E-state index is -0.857. The van der Waals surface area contributed by atoms with Crippen LogP contribution in [0.2, 0.25) is 0 Å². The Morgan fingerprint density at radius 2 is 1.86 bits per heavy atom. The molecule has 1 aliphatic heterocycles. The number of ether oxygens (including phenoxy) is 1. The van der Waals surface area contributed by atoms with Crippen molar-refractivity contribution < 1.29 is 14.9 Å². The molecule has 0 radical (unpaired) electrons. The van der Waals surface area contributed by atoms with Gasteiger partial charge in [-0.15, -0.1) is 0 Å². The minimum Gasteiger partial charge on any atom is -0.394 e. The zero-order valence-corrected chi connectivity index (χ0v) is 19.7. The molecule has 1 aliphatic rings. The lowest BCUT2D eigenvalue weighted by Crippen LogP contribution is -2.28. The molecule has 4 heterocycles. The van der Waals surface area contributed by atoms with Gasteiger partial charge < -0.3 is 20.7 Å². The largest absolute Gasteiger partial charge is 0.394 e. The Labute approximate surface area is 209 Å². The van der Waals surface area contributed by atoms with Crippen LogP contribution in [0.1, 0.15) is 49.5 Å². The van der Waals surface area contributed by atoms with E-state index in [0.29, 0.717) is 12.0 Å². The van der Waals surface area contributed by atoms with Crippen molar-refractivity contribution in [1.82, 2.24) is 19.5 Å². The van der Waals surface area contributed by atoms with Crippen molar-refractivity contribution in [3.8, 4) is 35.1 Å². The smallest absolute Gasteiger partial charge is 0.351 e. The number of nitrogens with zero attached hydrogens (tertiary/aromatic N) is 4. The van der Waals surface area contributed by atoms with Crippen LogP contribution in [0.3, 0.4) is 0 Å². The molecule has 9 heteroatoms. The second kappa shape index (κ2) is 12.1. The molecule has 0 bridgehead atoms. The highest BCUT2D eigenvalue weighted by Crippen LogP contribution is 2.27. The third-order valence-corrected chi connectivity index (χ3v) is 5.68. The summed E-state index contributed by atoms with van der Waals surface area (Å²) < 4.78 is 6.79. The molecule has 4 N–H and O–H groups in total. The highest BCUT2D eigenvalue weighted by atomic mass is 16.5. The van der Waals surface area contributed by atoms with Gasteiger partial charge in [0.25, 0.3) is 0 Å². The lowest BCUT2D eigenvalue weighted by molar-refractivity contribution is -0.0458. The van der Waals surface area contributed by atoms with E-state index in [1.165, 1.54) is 10.8 Å². The number of nitrogens with two attached hydrogens (primary N) is 1. The Bertz CT molecular complexity index is 1350. The first-order valence-corrected chi connectivity index (χ1v) is 11.7. The number of aliphatic hydroxyl groups is 2. The van der Waals surface area contributed by atoms with E-state index in [9.17, 15) is 15.0 Å². The van der Waals surface area contributed by atoms with Gasteiger partial charge >= 0.3 is 5.69 Å². The Kier molecular flexibility index (Phi) is 8.43. The van der Waals surface area contributed by atoms with E-state index >= 15 is 0 Å². The summed E-state index contributed by atoms with van der Waals surface area (Å²) in [6, 6.07) is 9.57. The monoisotopic (exact) mass is 485 g/mol. The van der Waals surface area contributed by atoms with Gasteiger partial charge in [0.2, 0.25) is 0 Å². The maximum absolute atomic E-state index is 12.2. The highest BCUT2D eigenvalue weighted by molar-refractivity contribution is 5.54. The zero-order valence-electron chi connectivity index (χ0n) is 19.7. The number of nitrogen functional groups attached to an aromatic ring is 1. The van der Waals surface area contributed by atoms with Crippen LogP contribution in [-0.2, 0) is 4.74 Å².